The van der Waals surface area contributed by atoms with Crippen LogP contribution in [0.15, 0.2) is 5.16 Å². The van der Waals surface area contributed by atoms with Crippen molar-refractivity contribution in [3.63, 3.8) is 0 Å². The number of nitrogens with zero attached hydrogens (tertiary/aromatic N) is 2. The molecule has 2 unspecified atom stereocenters. The maximum absolute atomic E-state index is 12.3. The molecule has 0 spiro atoms. The lowest BCUT2D eigenvalue weighted by Gasteiger charge is -2.22. The molecule has 0 aromatic carbocycles. The zero-order chi connectivity index (χ0) is 12.8. The highest BCUT2D eigenvalue weighted by molar-refractivity contribution is 6.02. The molecule has 0 bridgehead atoms. The number of hydrogen-bond acceptors (Lipinski definition) is 3. The van der Waals surface area contributed by atoms with Crippen molar-refractivity contribution in [1.29, 1.82) is 0 Å². The summed E-state index contributed by atoms with van der Waals surface area (Å²) in [5, 5.41) is 11.7. The van der Waals surface area contributed by atoms with Gasteiger partial charge in [-0.15, -0.1) is 0 Å². The summed E-state index contributed by atoms with van der Waals surface area (Å²) in [5.41, 5.74) is 5.59. The lowest BCUT2D eigenvalue weighted by atomic mass is 10.0. The first-order valence-corrected chi connectivity index (χ1v) is 6.40. The second-order valence-electron chi connectivity index (χ2n) is 4.71. The quantitative estimate of drug-likeness (QED) is 0.330. The molecule has 0 radical (unpaired) electrons. The van der Waals surface area contributed by atoms with E-state index in [9.17, 15) is 4.79 Å². The van der Waals surface area contributed by atoms with Gasteiger partial charge in [0.25, 0.3) is 0 Å². The van der Waals surface area contributed by atoms with Gasteiger partial charge in [0.2, 0.25) is 5.91 Å². The van der Waals surface area contributed by atoms with Crippen LogP contribution in [0.25, 0.3) is 0 Å². The van der Waals surface area contributed by atoms with Crippen molar-refractivity contribution < 1.29 is 10.0 Å². The van der Waals surface area contributed by atoms with E-state index in [4.69, 9.17) is 10.9 Å². The number of amidine groups is 1. The van der Waals surface area contributed by atoms with Gasteiger partial charge in [0, 0.05) is 13.1 Å². The van der Waals surface area contributed by atoms with Crippen molar-refractivity contribution in [1.82, 2.24) is 4.90 Å². The number of amides is 1. The van der Waals surface area contributed by atoms with Gasteiger partial charge in [-0.05, 0) is 18.8 Å². The highest BCUT2D eigenvalue weighted by Gasteiger charge is 2.31. The Balaban J connectivity index is 2.65. The molecule has 0 aromatic heterocycles. The fraction of sp³-hybridized carbons (Fsp3) is 0.833. The van der Waals surface area contributed by atoms with Crippen molar-refractivity contribution in [2.75, 3.05) is 13.1 Å². The summed E-state index contributed by atoms with van der Waals surface area (Å²) in [7, 11) is 0. The van der Waals surface area contributed by atoms with E-state index in [-0.39, 0.29) is 11.7 Å². The summed E-state index contributed by atoms with van der Waals surface area (Å²) >= 11 is 0. The van der Waals surface area contributed by atoms with Crippen LogP contribution in [0.5, 0.6) is 0 Å². The average molecular weight is 241 g/mol. The number of hydrogen-bond donors (Lipinski definition) is 2. The van der Waals surface area contributed by atoms with Gasteiger partial charge in [0.1, 0.15) is 0 Å². The Bertz CT molecular complexity index is 291. The maximum atomic E-state index is 12.3. The Morgan fingerprint density at radius 3 is 2.76 bits per heavy atom. The van der Waals surface area contributed by atoms with Crippen molar-refractivity contribution in [3.05, 3.63) is 0 Å². The fourth-order valence-electron chi connectivity index (χ4n) is 2.34. The predicted octanol–water partition coefficient (Wildman–Crippen LogP) is 1.41. The Labute approximate surface area is 103 Å². The molecule has 1 aliphatic heterocycles. The summed E-state index contributed by atoms with van der Waals surface area (Å²) in [4.78, 5) is 14.1. The molecular formula is C12H23N3O2. The number of carbonyl (C=O) groups excluding carboxylic acids is 1. The molecule has 1 aliphatic rings. The fourth-order valence-corrected chi connectivity index (χ4v) is 2.34. The number of likely N-dealkylation sites (tertiary alicyclic amines) is 1. The molecule has 1 rings (SSSR count). The molecule has 17 heavy (non-hydrogen) atoms. The maximum Gasteiger partial charge on any atom is 0.233 e. The van der Waals surface area contributed by atoms with E-state index in [1.165, 1.54) is 0 Å². The van der Waals surface area contributed by atoms with Crippen LogP contribution in [0.4, 0.5) is 0 Å². The van der Waals surface area contributed by atoms with Gasteiger partial charge in [0.05, 0.1) is 5.92 Å². The molecule has 0 aromatic rings. The molecule has 3 N–H and O–H groups in total. The van der Waals surface area contributed by atoms with Gasteiger partial charge in [0.15, 0.2) is 5.84 Å². The molecule has 2 atom stereocenters. The van der Waals surface area contributed by atoms with Gasteiger partial charge in [-0.1, -0.05) is 31.8 Å². The highest BCUT2D eigenvalue weighted by Crippen LogP contribution is 2.22. The number of rotatable bonds is 5. The third kappa shape index (κ3) is 3.35. The molecule has 1 heterocycles. The molecule has 0 aliphatic carbocycles. The number of oxime groups is 1. The summed E-state index contributed by atoms with van der Waals surface area (Å²) in [6.45, 7) is 5.75. The Morgan fingerprint density at radius 2 is 2.29 bits per heavy atom. The van der Waals surface area contributed by atoms with Crippen LogP contribution in [0.3, 0.4) is 0 Å². The Hall–Kier alpha value is -1.26. The molecule has 1 fully saturated rings. The lowest BCUT2D eigenvalue weighted by Crippen LogP contribution is -2.41. The van der Waals surface area contributed by atoms with Crippen LogP contribution in [0, 0.1) is 11.8 Å². The van der Waals surface area contributed by atoms with Gasteiger partial charge in [-0.2, -0.15) is 0 Å². The van der Waals surface area contributed by atoms with Crippen LogP contribution in [0.1, 0.15) is 39.5 Å². The molecule has 98 valence electrons. The number of nitrogens with two attached hydrogens (primary N) is 1. The first kappa shape index (κ1) is 13.8. The van der Waals surface area contributed by atoms with E-state index in [0.717, 1.165) is 32.4 Å². The Kier molecular flexibility index (Phi) is 5.25. The lowest BCUT2D eigenvalue weighted by molar-refractivity contribution is -0.132. The van der Waals surface area contributed by atoms with Crippen molar-refractivity contribution in [2.24, 2.45) is 22.7 Å². The van der Waals surface area contributed by atoms with Crippen LogP contribution in [-0.4, -0.2) is 34.9 Å². The summed E-state index contributed by atoms with van der Waals surface area (Å²) < 4.78 is 0. The van der Waals surface area contributed by atoms with Crippen LogP contribution < -0.4 is 5.73 Å². The van der Waals surface area contributed by atoms with E-state index < -0.39 is 5.92 Å². The van der Waals surface area contributed by atoms with E-state index in [1.54, 1.807) is 0 Å². The molecule has 5 heteroatoms. The Morgan fingerprint density at radius 1 is 1.59 bits per heavy atom. The second-order valence-corrected chi connectivity index (χ2v) is 4.71. The molecule has 0 saturated carbocycles. The van der Waals surface area contributed by atoms with Crippen molar-refractivity contribution >= 4 is 11.7 Å². The minimum atomic E-state index is -0.458. The standard InChI is InChI=1S/C12H23N3O2/c1-3-5-10(11(13)14-17)12(16)15-7-6-9(4-2)8-15/h9-10,17H,3-8H2,1-2H3,(H2,13,14). The van der Waals surface area contributed by atoms with Crippen LogP contribution >= 0.6 is 0 Å². The second kappa shape index (κ2) is 6.47. The third-order valence-corrected chi connectivity index (χ3v) is 3.52. The summed E-state index contributed by atoms with van der Waals surface area (Å²) in [6, 6.07) is 0. The van der Waals surface area contributed by atoms with Crippen LogP contribution in [0.2, 0.25) is 0 Å². The normalized spacial score (nSPS) is 22.8. The molecule has 1 saturated heterocycles. The first-order chi connectivity index (χ1) is 8.13. The zero-order valence-electron chi connectivity index (χ0n) is 10.7. The van der Waals surface area contributed by atoms with Crippen molar-refractivity contribution in [3.8, 4) is 0 Å². The smallest absolute Gasteiger partial charge is 0.233 e. The molecule has 5 nitrogen and oxygen atoms in total. The summed E-state index contributed by atoms with van der Waals surface area (Å²) in [5.74, 6) is 0.198. The number of carbonyl (C=O) groups is 1. The minimum Gasteiger partial charge on any atom is -0.409 e. The van der Waals surface area contributed by atoms with Gasteiger partial charge >= 0.3 is 0 Å². The van der Waals surface area contributed by atoms with E-state index in [2.05, 4.69) is 12.1 Å². The summed E-state index contributed by atoms with van der Waals surface area (Å²) in [6.07, 6.45) is 3.66. The minimum absolute atomic E-state index is 0.0121. The average Bonchev–Trinajstić information content (AvgIpc) is 2.83. The molecule has 1 amide bonds. The van der Waals surface area contributed by atoms with E-state index in [1.807, 2.05) is 11.8 Å². The van der Waals surface area contributed by atoms with E-state index in [0.29, 0.717) is 12.3 Å². The first-order valence-electron chi connectivity index (χ1n) is 6.40. The topological polar surface area (TPSA) is 78.9 Å². The highest BCUT2D eigenvalue weighted by atomic mass is 16.4. The monoisotopic (exact) mass is 241 g/mol. The van der Waals surface area contributed by atoms with Crippen LogP contribution in [-0.2, 0) is 4.79 Å². The van der Waals surface area contributed by atoms with Gasteiger partial charge in [-0.3, -0.25) is 4.79 Å². The largest absolute Gasteiger partial charge is 0.409 e. The zero-order valence-corrected chi connectivity index (χ0v) is 10.7. The predicted molar refractivity (Wildman–Crippen MR) is 66.8 cm³/mol. The van der Waals surface area contributed by atoms with Gasteiger partial charge in [-0.25, -0.2) is 0 Å². The SMILES string of the molecule is CCCC(C(=O)N1CCC(CC)C1)C(N)=NO. The molecular weight excluding hydrogens is 218 g/mol. The third-order valence-electron chi connectivity index (χ3n) is 3.52. The van der Waals surface area contributed by atoms with Crippen molar-refractivity contribution in [2.45, 2.75) is 39.5 Å². The van der Waals surface area contributed by atoms with Gasteiger partial charge < -0.3 is 15.8 Å². The van der Waals surface area contributed by atoms with E-state index >= 15 is 0 Å².